The molecule has 0 bridgehead atoms. The molecule has 3 atom stereocenters. The molecule has 1 fully saturated rings. The fraction of sp³-hybridized carbons (Fsp3) is 0.556. The molecule has 0 unspecified atom stereocenters. The molecule has 24 heavy (non-hydrogen) atoms. The topological polar surface area (TPSA) is 65.6 Å². The van der Waals surface area contributed by atoms with Crippen molar-refractivity contribution in [2.45, 2.75) is 39.0 Å². The average Bonchev–Trinajstić information content (AvgIpc) is 3.06. The Morgan fingerprint density at radius 2 is 1.96 bits per heavy atom. The Balaban J connectivity index is 1.65. The molecule has 1 aliphatic heterocycles. The lowest BCUT2D eigenvalue weighted by atomic mass is 10.1. The summed E-state index contributed by atoms with van der Waals surface area (Å²) in [5.74, 6) is 1.23. The van der Waals surface area contributed by atoms with Crippen LogP contribution < -0.4 is 0 Å². The summed E-state index contributed by atoms with van der Waals surface area (Å²) in [4.78, 5) is 4.70. The standard InChI is InChI=1S/C18H26N4O2/c1-13-11-22(10-9-21(13)12-14(2)23)15(3)17-19-20-18(24-17)16-7-5-4-6-8-16/h4-8,13-15,23H,9-12H2,1-3H3/t13-,14+,15+/m1/s1. The van der Waals surface area contributed by atoms with E-state index >= 15 is 0 Å². The molecule has 0 radical (unpaired) electrons. The summed E-state index contributed by atoms with van der Waals surface area (Å²) in [6, 6.07) is 10.3. The maximum Gasteiger partial charge on any atom is 0.247 e. The van der Waals surface area contributed by atoms with Crippen LogP contribution >= 0.6 is 0 Å². The van der Waals surface area contributed by atoms with Crippen molar-refractivity contribution in [2.24, 2.45) is 0 Å². The highest BCUT2D eigenvalue weighted by Crippen LogP contribution is 2.25. The largest absolute Gasteiger partial charge is 0.419 e. The quantitative estimate of drug-likeness (QED) is 0.906. The predicted octanol–water partition coefficient (Wildman–Crippen LogP) is 2.18. The van der Waals surface area contributed by atoms with Crippen LogP contribution in [0.5, 0.6) is 0 Å². The van der Waals surface area contributed by atoms with E-state index in [-0.39, 0.29) is 12.1 Å². The van der Waals surface area contributed by atoms with E-state index in [1.54, 1.807) is 0 Å². The Morgan fingerprint density at radius 1 is 1.21 bits per heavy atom. The molecule has 0 saturated carbocycles. The maximum atomic E-state index is 9.60. The van der Waals surface area contributed by atoms with E-state index in [1.165, 1.54) is 0 Å². The molecule has 6 nitrogen and oxygen atoms in total. The van der Waals surface area contributed by atoms with Gasteiger partial charge in [0.1, 0.15) is 0 Å². The molecule has 1 aromatic carbocycles. The molecule has 130 valence electrons. The molecule has 3 rings (SSSR count). The highest BCUT2D eigenvalue weighted by atomic mass is 16.4. The molecular formula is C18H26N4O2. The second-order valence-corrected chi connectivity index (χ2v) is 6.68. The predicted molar refractivity (Wildman–Crippen MR) is 92.4 cm³/mol. The van der Waals surface area contributed by atoms with Gasteiger partial charge < -0.3 is 9.52 Å². The number of aromatic nitrogens is 2. The lowest BCUT2D eigenvalue weighted by Gasteiger charge is -2.42. The molecule has 0 aliphatic carbocycles. The van der Waals surface area contributed by atoms with Gasteiger partial charge in [0.05, 0.1) is 12.1 Å². The van der Waals surface area contributed by atoms with Crippen molar-refractivity contribution in [1.82, 2.24) is 20.0 Å². The van der Waals surface area contributed by atoms with Crippen LogP contribution in [0.1, 0.15) is 32.7 Å². The van der Waals surface area contributed by atoms with Crippen molar-refractivity contribution in [2.75, 3.05) is 26.2 Å². The first kappa shape index (κ1) is 17.1. The van der Waals surface area contributed by atoms with Gasteiger partial charge in [0.25, 0.3) is 0 Å². The summed E-state index contributed by atoms with van der Waals surface area (Å²) in [5.41, 5.74) is 0.943. The minimum Gasteiger partial charge on any atom is -0.419 e. The van der Waals surface area contributed by atoms with Crippen LogP contribution in [0, 0.1) is 0 Å². The SMILES string of the molecule is C[C@H](O)CN1CCN([C@@H](C)c2nnc(-c3ccccc3)o2)C[C@H]1C. The third-order valence-corrected chi connectivity index (χ3v) is 4.66. The minimum atomic E-state index is -0.291. The number of β-amino-alcohol motifs (C(OH)–C–C–N with tert-alkyl or cyclic N) is 1. The van der Waals surface area contributed by atoms with Crippen molar-refractivity contribution in [3.05, 3.63) is 36.2 Å². The van der Waals surface area contributed by atoms with Gasteiger partial charge in [0.15, 0.2) is 0 Å². The lowest BCUT2D eigenvalue weighted by Crippen LogP contribution is -2.53. The maximum absolute atomic E-state index is 9.60. The normalized spacial score (nSPS) is 22.4. The van der Waals surface area contributed by atoms with E-state index in [4.69, 9.17) is 4.42 Å². The van der Waals surface area contributed by atoms with Gasteiger partial charge in [0, 0.05) is 37.8 Å². The summed E-state index contributed by atoms with van der Waals surface area (Å²) >= 11 is 0. The lowest BCUT2D eigenvalue weighted by molar-refractivity contribution is 0.0257. The molecule has 1 aliphatic rings. The Bertz CT molecular complexity index is 643. The zero-order valence-corrected chi connectivity index (χ0v) is 14.6. The van der Waals surface area contributed by atoms with Gasteiger partial charge in [-0.1, -0.05) is 18.2 Å². The van der Waals surface area contributed by atoms with E-state index in [0.717, 1.165) is 31.7 Å². The van der Waals surface area contributed by atoms with Crippen LogP contribution in [0.3, 0.4) is 0 Å². The highest BCUT2D eigenvalue weighted by molar-refractivity contribution is 5.51. The smallest absolute Gasteiger partial charge is 0.247 e. The molecular weight excluding hydrogens is 304 g/mol. The summed E-state index contributed by atoms with van der Waals surface area (Å²) in [6.45, 7) is 9.67. The average molecular weight is 330 g/mol. The van der Waals surface area contributed by atoms with Crippen molar-refractivity contribution in [3.63, 3.8) is 0 Å². The number of piperazine rings is 1. The third-order valence-electron chi connectivity index (χ3n) is 4.66. The van der Waals surface area contributed by atoms with Gasteiger partial charge in [0.2, 0.25) is 11.8 Å². The fourth-order valence-electron chi connectivity index (χ4n) is 3.24. The molecule has 0 spiro atoms. The number of hydrogen-bond acceptors (Lipinski definition) is 6. The van der Waals surface area contributed by atoms with E-state index in [2.05, 4.69) is 33.8 Å². The number of aliphatic hydroxyl groups is 1. The Labute approximate surface area is 143 Å². The van der Waals surface area contributed by atoms with Gasteiger partial charge >= 0.3 is 0 Å². The first-order valence-corrected chi connectivity index (χ1v) is 8.59. The van der Waals surface area contributed by atoms with Gasteiger partial charge in [-0.2, -0.15) is 0 Å². The van der Waals surface area contributed by atoms with Gasteiger partial charge in [-0.3, -0.25) is 9.80 Å². The molecule has 1 aromatic heterocycles. The number of benzene rings is 1. The number of aliphatic hydroxyl groups excluding tert-OH is 1. The molecule has 1 saturated heterocycles. The Morgan fingerprint density at radius 3 is 2.62 bits per heavy atom. The molecule has 1 N–H and O–H groups in total. The van der Waals surface area contributed by atoms with Crippen molar-refractivity contribution < 1.29 is 9.52 Å². The van der Waals surface area contributed by atoms with Gasteiger partial charge in [-0.15, -0.1) is 10.2 Å². The van der Waals surface area contributed by atoms with Crippen molar-refractivity contribution in [3.8, 4) is 11.5 Å². The van der Waals surface area contributed by atoms with E-state index in [1.807, 2.05) is 37.3 Å². The number of nitrogens with zero attached hydrogens (tertiary/aromatic N) is 4. The van der Waals surface area contributed by atoms with Crippen molar-refractivity contribution >= 4 is 0 Å². The van der Waals surface area contributed by atoms with Crippen LogP contribution in [0.2, 0.25) is 0 Å². The van der Waals surface area contributed by atoms with Crippen molar-refractivity contribution in [1.29, 1.82) is 0 Å². The monoisotopic (exact) mass is 330 g/mol. The van der Waals surface area contributed by atoms with Crippen LogP contribution in [-0.2, 0) is 0 Å². The Hall–Kier alpha value is -1.76. The molecule has 6 heteroatoms. The Kier molecular flexibility index (Phi) is 5.28. The summed E-state index contributed by atoms with van der Waals surface area (Å²) in [5, 5.41) is 18.0. The van der Waals surface area contributed by atoms with Crippen LogP contribution in [0.15, 0.2) is 34.7 Å². The number of rotatable bonds is 5. The first-order chi connectivity index (χ1) is 11.5. The third kappa shape index (κ3) is 3.83. The zero-order valence-electron chi connectivity index (χ0n) is 14.6. The second-order valence-electron chi connectivity index (χ2n) is 6.68. The summed E-state index contributed by atoms with van der Waals surface area (Å²) < 4.78 is 5.89. The minimum absolute atomic E-state index is 0.0890. The summed E-state index contributed by atoms with van der Waals surface area (Å²) in [6.07, 6.45) is -0.291. The second kappa shape index (κ2) is 7.42. The number of hydrogen-bond donors (Lipinski definition) is 1. The van der Waals surface area contributed by atoms with Gasteiger partial charge in [-0.05, 0) is 32.9 Å². The summed E-state index contributed by atoms with van der Waals surface area (Å²) in [7, 11) is 0. The van der Waals surface area contributed by atoms with Crippen LogP contribution in [0.4, 0.5) is 0 Å². The van der Waals surface area contributed by atoms with Crippen LogP contribution in [-0.4, -0.2) is 63.4 Å². The van der Waals surface area contributed by atoms with Gasteiger partial charge in [-0.25, -0.2) is 0 Å². The molecule has 2 heterocycles. The fourth-order valence-corrected chi connectivity index (χ4v) is 3.24. The van der Waals surface area contributed by atoms with E-state index < -0.39 is 0 Å². The molecule has 2 aromatic rings. The first-order valence-electron chi connectivity index (χ1n) is 8.59. The molecule has 0 amide bonds. The zero-order chi connectivity index (χ0) is 17.1. The van der Waals surface area contributed by atoms with E-state index in [0.29, 0.717) is 17.8 Å². The van der Waals surface area contributed by atoms with E-state index in [9.17, 15) is 5.11 Å². The highest BCUT2D eigenvalue weighted by Gasteiger charge is 2.30. The van der Waals surface area contributed by atoms with Crippen LogP contribution in [0.25, 0.3) is 11.5 Å².